The zero-order chi connectivity index (χ0) is 14.5. The highest BCUT2D eigenvalue weighted by atomic mass is 16.5. The van der Waals surface area contributed by atoms with E-state index in [0.717, 1.165) is 0 Å². The van der Waals surface area contributed by atoms with Crippen LogP contribution in [0.4, 0.5) is 5.69 Å². The summed E-state index contributed by atoms with van der Waals surface area (Å²) in [6, 6.07) is 8.02. The molecule has 1 fully saturated rings. The quantitative estimate of drug-likeness (QED) is 0.606. The standard InChI is InChI=1S/C14H16N2O4/c1-2-20-12(17)8-10-9-16(14(18)13(10)15-19)11-6-4-3-5-7-11/h3-7,10,13H,2,8-9H2,1H3. The minimum atomic E-state index is -1.01. The van der Waals surface area contributed by atoms with Gasteiger partial charge in [0.05, 0.1) is 13.0 Å². The van der Waals surface area contributed by atoms with Gasteiger partial charge in [0.1, 0.15) is 0 Å². The van der Waals surface area contributed by atoms with Crippen molar-refractivity contribution >= 4 is 17.6 Å². The number of para-hydroxylation sites is 1. The summed E-state index contributed by atoms with van der Waals surface area (Å²) < 4.78 is 4.86. The van der Waals surface area contributed by atoms with E-state index in [1.165, 1.54) is 4.90 Å². The average molecular weight is 276 g/mol. The maximum Gasteiger partial charge on any atom is 0.306 e. The Hall–Kier alpha value is -2.24. The van der Waals surface area contributed by atoms with Gasteiger partial charge in [-0.15, -0.1) is 4.91 Å². The van der Waals surface area contributed by atoms with Crippen LogP contribution >= 0.6 is 0 Å². The summed E-state index contributed by atoms with van der Waals surface area (Å²) in [5.74, 6) is -1.20. The molecule has 1 aromatic carbocycles. The number of anilines is 1. The summed E-state index contributed by atoms with van der Waals surface area (Å²) in [7, 11) is 0. The molecule has 0 spiro atoms. The van der Waals surface area contributed by atoms with E-state index in [2.05, 4.69) is 5.18 Å². The zero-order valence-electron chi connectivity index (χ0n) is 11.2. The largest absolute Gasteiger partial charge is 0.466 e. The summed E-state index contributed by atoms with van der Waals surface area (Å²) >= 11 is 0. The maximum atomic E-state index is 12.2. The van der Waals surface area contributed by atoms with E-state index < -0.39 is 17.9 Å². The lowest BCUT2D eigenvalue weighted by atomic mass is 10.0. The molecule has 0 aromatic heterocycles. The fourth-order valence-corrected chi connectivity index (χ4v) is 2.37. The molecule has 0 N–H and O–H groups in total. The highest BCUT2D eigenvalue weighted by Gasteiger charge is 2.43. The predicted octanol–water partition coefficient (Wildman–Crippen LogP) is 1.74. The predicted molar refractivity (Wildman–Crippen MR) is 73.1 cm³/mol. The summed E-state index contributed by atoms with van der Waals surface area (Å²) in [5, 5.41) is 2.89. The van der Waals surface area contributed by atoms with Crippen molar-refractivity contribution in [3.63, 3.8) is 0 Å². The monoisotopic (exact) mass is 276 g/mol. The van der Waals surface area contributed by atoms with E-state index in [1.54, 1.807) is 19.1 Å². The van der Waals surface area contributed by atoms with Crippen LogP contribution in [-0.2, 0) is 14.3 Å². The minimum absolute atomic E-state index is 0.0271. The molecule has 1 aliphatic heterocycles. The number of hydrogen-bond acceptors (Lipinski definition) is 5. The molecule has 1 aliphatic rings. The molecule has 6 nitrogen and oxygen atoms in total. The molecule has 1 saturated heterocycles. The zero-order valence-corrected chi connectivity index (χ0v) is 11.2. The van der Waals surface area contributed by atoms with Crippen molar-refractivity contribution in [2.75, 3.05) is 18.1 Å². The van der Waals surface area contributed by atoms with Crippen LogP contribution in [0.5, 0.6) is 0 Å². The van der Waals surface area contributed by atoms with Crippen LogP contribution in [-0.4, -0.2) is 31.1 Å². The maximum absolute atomic E-state index is 12.2. The third kappa shape index (κ3) is 2.84. The SMILES string of the molecule is CCOC(=O)CC1CN(c2ccccc2)C(=O)C1N=O. The Bertz CT molecular complexity index is 503. The van der Waals surface area contributed by atoms with Gasteiger partial charge in [0, 0.05) is 18.2 Å². The molecule has 106 valence electrons. The smallest absolute Gasteiger partial charge is 0.306 e. The van der Waals surface area contributed by atoms with Crippen LogP contribution < -0.4 is 4.90 Å². The summed E-state index contributed by atoms with van der Waals surface area (Å²) in [6.45, 7) is 2.29. The average Bonchev–Trinajstić information content (AvgIpc) is 2.76. The summed E-state index contributed by atoms with van der Waals surface area (Å²) in [4.78, 5) is 36.1. The number of nitroso groups, excluding NO2 is 1. The number of hydrogen-bond donors (Lipinski definition) is 0. The fraction of sp³-hybridized carbons (Fsp3) is 0.429. The van der Waals surface area contributed by atoms with Crippen LogP contribution in [0.15, 0.2) is 35.5 Å². The lowest BCUT2D eigenvalue weighted by Crippen LogP contribution is -2.28. The number of esters is 1. The van der Waals surface area contributed by atoms with Gasteiger partial charge in [-0.3, -0.25) is 9.59 Å². The molecule has 0 radical (unpaired) electrons. The van der Waals surface area contributed by atoms with Crippen molar-refractivity contribution in [2.24, 2.45) is 11.1 Å². The Morgan fingerprint density at radius 2 is 2.10 bits per heavy atom. The first-order valence-corrected chi connectivity index (χ1v) is 6.52. The Labute approximate surface area is 116 Å². The Morgan fingerprint density at radius 1 is 1.40 bits per heavy atom. The van der Waals surface area contributed by atoms with Gasteiger partial charge in [0.15, 0.2) is 6.04 Å². The Morgan fingerprint density at radius 3 is 2.70 bits per heavy atom. The number of carbonyl (C=O) groups excluding carboxylic acids is 2. The van der Waals surface area contributed by atoms with Crippen molar-refractivity contribution in [3.8, 4) is 0 Å². The highest BCUT2D eigenvalue weighted by molar-refractivity contribution is 6.00. The van der Waals surface area contributed by atoms with E-state index in [9.17, 15) is 14.5 Å². The van der Waals surface area contributed by atoms with Crippen LogP contribution in [0.2, 0.25) is 0 Å². The second-order valence-corrected chi connectivity index (χ2v) is 4.60. The van der Waals surface area contributed by atoms with E-state index in [-0.39, 0.29) is 18.9 Å². The van der Waals surface area contributed by atoms with Crippen molar-refractivity contribution in [2.45, 2.75) is 19.4 Å². The molecule has 0 bridgehead atoms. The van der Waals surface area contributed by atoms with Crippen LogP contribution in [0.3, 0.4) is 0 Å². The molecule has 0 aliphatic carbocycles. The van der Waals surface area contributed by atoms with E-state index in [4.69, 9.17) is 4.74 Å². The van der Waals surface area contributed by atoms with Gasteiger partial charge in [-0.25, -0.2) is 0 Å². The molecule has 2 rings (SSSR count). The Kier molecular flexibility index (Phi) is 4.45. The topological polar surface area (TPSA) is 76.0 Å². The number of benzene rings is 1. The first-order chi connectivity index (χ1) is 9.67. The molecule has 20 heavy (non-hydrogen) atoms. The van der Waals surface area contributed by atoms with Gasteiger partial charge >= 0.3 is 5.97 Å². The number of nitrogens with zero attached hydrogens (tertiary/aromatic N) is 2. The van der Waals surface area contributed by atoms with Crippen molar-refractivity contribution in [1.29, 1.82) is 0 Å². The van der Waals surface area contributed by atoms with Gasteiger partial charge in [0.2, 0.25) is 0 Å². The number of amides is 1. The second-order valence-electron chi connectivity index (χ2n) is 4.60. The fourth-order valence-electron chi connectivity index (χ4n) is 2.37. The second kappa shape index (κ2) is 6.27. The molecule has 0 saturated carbocycles. The van der Waals surface area contributed by atoms with E-state index in [0.29, 0.717) is 12.2 Å². The summed E-state index contributed by atoms with van der Waals surface area (Å²) in [6.07, 6.45) is 0.0271. The third-order valence-corrected chi connectivity index (χ3v) is 3.30. The lowest BCUT2D eigenvalue weighted by molar-refractivity contribution is -0.144. The summed E-state index contributed by atoms with van der Waals surface area (Å²) in [5.41, 5.74) is 0.706. The van der Waals surface area contributed by atoms with Crippen LogP contribution in [0.25, 0.3) is 0 Å². The van der Waals surface area contributed by atoms with Gasteiger partial charge in [-0.1, -0.05) is 23.4 Å². The molecule has 6 heteroatoms. The molecule has 1 aromatic rings. The minimum Gasteiger partial charge on any atom is -0.466 e. The van der Waals surface area contributed by atoms with Crippen molar-refractivity contribution in [1.82, 2.24) is 0 Å². The van der Waals surface area contributed by atoms with Gasteiger partial charge in [-0.2, -0.15) is 0 Å². The molecule has 2 unspecified atom stereocenters. The van der Waals surface area contributed by atoms with Crippen molar-refractivity contribution < 1.29 is 14.3 Å². The molecule has 1 amide bonds. The van der Waals surface area contributed by atoms with Gasteiger partial charge < -0.3 is 9.64 Å². The first-order valence-electron chi connectivity index (χ1n) is 6.52. The normalized spacial score (nSPS) is 21.9. The van der Waals surface area contributed by atoms with Crippen molar-refractivity contribution in [3.05, 3.63) is 35.2 Å². The van der Waals surface area contributed by atoms with E-state index >= 15 is 0 Å². The number of ether oxygens (including phenoxy) is 1. The van der Waals surface area contributed by atoms with Crippen LogP contribution in [0.1, 0.15) is 13.3 Å². The number of carbonyl (C=O) groups is 2. The first kappa shape index (κ1) is 14.2. The van der Waals surface area contributed by atoms with Crippen LogP contribution in [0, 0.1) is 10.8 Å². The molecule has 1 heterocycles. The third-order valence-electron chi connectivity index (χ3n) is 3.30. The highest BCUT2D eigenvalue weighted by Crippen LogP contribution is 2.29. The van der Waals surface area contributed by atoms with Gasteiger partial charge in [-0.05, 0) is 19.1 Å². The van der Waals surface area contributed by atoms with Gasteiger partial charge in [0.25, 0.3) is 5.91 Å². The number of rotatable bonds is 5. The molecule has 2 atom stereocenters. The molecular formula is C14H16N2O4. The molecular weight excluding hydrogens is 260 g/mol. The van der Waals surface area contributed by atoms with E-state index in [1.807, 2.05) is 18.2 Å². The Balaban J connectivity index is 2.14. The lowest BCUT2D eigenvalue weighted by Gasteiger charge is -2.15.